The SMILES string of the molecule is O=C(COC(=O)Cc1ccc2ccccc2c1)Nc1cccc(S(=O)(=O)NC2=NCCC2)c1. The number of aliphatic imine (C=N–C) groups is 1. The Kier molecular flexibility index (Phi) is 6.69. The average Bonchev–Trinajstić information content (AvgIpc) is 3.30. The molecule has 0 bridgehead atoms. The summed E-state index contributed by atoms with van der Waals surface area (Å²) in [4.78, 5) is 28.5. The number of amidine groups is 1. The number of hydrogen-bond acceptors (Lipinski definition) is 6. The molecule has 0 radical (unpaired) electrons. The summed E-state index contributed by atoms with van der Waals surface area (Å²) in [7, 11) is -3.80. The smallest absolute Gasteiger partial charge is 0.310 e. The highest BCUT2D eigenvalue weighted by Crippen LogP contribution is 2.18. The number of fused-ring (bicyclic) bond motifs is 1. The third-order valence-corrected chi connectivity index (χ3v) is 6.46. The molecule has 4 rings (SSSR count). The van der Waals surface area contributed by atoms with E-state index in [0.29, 0.717) is 18.8 Å². The van der Waals surface area contributed by atoms with Gasteiger partial charge < -0.3 is 10.1 Å². The summed E-state index contributed by atoms with van der Waals surface area (Å²) < 4.78 is 32.6. The van der Waals surface area contributed by atoms with Crippen LogP contribution in [-0.2, 0) is 30.8 Å². The zero-order valence-electron chi connectivity index (χ0n) is 17.8. The largest absolute Gasteiger partial charge is 0.455 e. The van der Waals surface area contributed by atoms with Gasteiger partial charge >= 0.3 is 5.97 Å². The van der Waals surface area contributed by atoms with E-state index in [1.165, 1.54) is 18.2 Å². The number of rotatable bonds is 7. The number of hydrogen-bond donors (Lipinski definition) is 2. The Morgan fingerprint density at radius 3 is 2.58 bits per heavy atom. The van der Waals surface area contributed by atoms with Crippen molar-refractivity contribution in [1.29, 1.82) is 0 Å². The van der Waals surface area contributed by atoms with E-state index in [2.05, 4.69) is 15.0 Å². The topological polar surface area (TPSA) is 114 Å². The fourth-order valence-electron chi connectivity index (χ4n) is 3.49. The molecule has 1 amide bonds. The Bertz CT molecular complexity index is 1330. The van der Waals surface area contributed by atoms with Crippen molar-refractivity contribution in [3.8, 4) is 0 Å². The Balaban J connectivity index is 1.31. The number of amides is 1. The molecule has 1 aliphatic rings. The number of anilines is 1. The Morgan fingerprint density at radius 2 is 1.79 bits per heavy atom. The van der Waals surface area contributed by atoms with Crippen molar-refractivity contribution in [2.24, 2.45) is 4.99 Å². The number of carbonyl (C=O) groups is 2. The highest BCUT2D eigenvalue weighted by atomic mass is 32.2. The quantitative estimate of drug-likeness (QED) is 0.521. The second kappa shape index (κ2) is 9.83. The number of ether oxygens (including phenoxy) is 1. The molecular formula is C24H23N3O5S. The molecule has 0 fully saturated rings. The maximum absolute atomic E-state index is 12.5. The predicted molar refractivity (Wildman–Crippen MR) is 126 cm³/mol. The molecule has 0 saturated heterocycles. The lowest BCUT2D eigenvalue weighted by Crippen LogP contribution is -2.29. The molecule has 1 heterocycles. The summed E-state index contributed by atoms with van der Waals surface area (Å²) in [5.41, 5.74) is 1.07. The van der Waals surface area contributed by atoms with E-state index in [1.54, 1.807) is 6.07 Å². The van der Waals surface area contributed by atoms with E-state index >= 15 is 0 Å². The van der Waals surface area contributed by atoms with Crippen LogP contribution in [0.3, 0.4) is 0 Å². The first-order valence-electron chi connectivity index (χ1n) is 10.5. The van der Waals surface area contributed by atoms with E-state index in [-0.39, 0.29) is 17.0 Å². The van der Waals surface area contributed by atoms with Crippen molar-refractivity contribution in [3.05, 3.63) is 72.3 Å². The van der Waals surface area contributed by atoms with Gasteiger partial charge in [-0.1, -0.05) is 48.5 Å². The van der Waals surface area contributed by atoms with E-state index in [1.807, 2.05) is 42.5 Å². The van der Waals surface area contributed by atoms with Gasteiger partial charge in [0.2, 0.25) is 0 Å². The molecule has 8 nitrogen and oxygen atoms in total. The molecule has 0 aliphatic carbocycles. The average molecular weight is 466 g/mol. The molecule has 2 N–H and O–H groups in total. The summed E-state index contributed by atoms with van der Waals surface area (Å²) in [5.74, 6) is -0.661. The van der Waals surface area contributed by atoms with Gasteiger partial charge in [-0.3, -0.25) is 19.3 Å². The van der Waals surface area contributed by atoms with E-state index < -0.39 is 28.5 Å². The van der Waals surface area contributed by atoms with Crippen LogP contribution in [0.4, 0.5) is 5.69 Å². The van der Waals surface area contributed by atoms with Gasteiger partial charge in [0.05, 0.1) is 11.3 Å². The molecule has 170 valence electrons. The van der Waals surface area contributed by atoms with Crippen molar-refractivity contribution in [1.82, 2.24) is 4.72 Å². The lowest BCUT2D eigenvalue weighted by Gasteiger charge is -2.10. The molecule has 0 spiro atoms. The Hall–Kier alpha value is -3.72. The zero-order chi connectivity index (χ0) is 23.3. The summed E-state index contributed by atoms with van der Waals surface area (Å²) in [6.07, 6.45) is 1.44. The fourth-order valence-corrected chi connectivity index (χ4v) is 4.62. The van der Waals surface area contributed by atoms with Crippen molar-refractivity contribution in [2.45, 2.75) is 24.2 Å². The van der Waals surface area contributed by atoms with Crippen LogP contribution in [0.1, 0.15) is 18.4 Å². The minimum atomic E-state index is -3.80. The second-order valence-corrected chi connectivity index (χ2v) is 9.31. The molecule has 0 atom stereocenters. The summed E-state index contributed by atoms with van der Waals surface area (Å²) in [6.45, 7) is 0.131. The Morgan fingerprint density at radius 1 is 0.970 bits per heavy atom. The van der Waals surface area contributed by atoms with Gasteiger partial charge in [0.25, 0.3) is 15.9 Å². The van der Waals surface area contributed by atoms with Crippen LogP contribution in [0.15, 0.2) is 76.6 Å². The third kappa shape index (κ3) is 5.95. The highest BCUT2D eigenvalue weighted by molar-refractivity contribution is 7.90. The standard InChI is InChI=1S/C24H23N3O5S/c28-23(16-32-24(29)14-17-10-11-18-5-1-2-6-19(18)13-17)26-20-7-3-8-21(15-20)33(30,31)27-22-9-4-12-25-22/h1-3,5-8,10-11,13,15H,4,9,12,14,16H2,(H,25,27)(H,26,28). The minimum absolute atomic E-state index is 0.00296. The molecule has 0 saturated carbocycles. The Labute approximate surface area is 191 Å². The summed E-state index contributed by atoms with van der Waals surface area (Å²) in [5, 5.41) is 4.65. The van der Waals surface area contributed by atoms with Crippen LogP contribution in [0.2, 0.25) is 0 Å². The number of carbonyl (C=O) groups excluding carboxylic acids is 2. The monoisotopic (exact) mass is 465 g/mol. The van der Waals surface area contributed by atoms with Crippen LogP contribution in [-0.4, -0.2) is 39.3 Å². The van der Waals surface area contributed by atoms with Gasteiger partial charge in [-0.2, -0.15) is 0 Å². The lowest BCUT2D eigenvalue weighted by molar-refractivity contribution is -0.146. The van der Waals surface area contributed by atoms with Crippen molar-refractivity contribution >= 4 is 44.2 Å². The number of nitrogens with zero attached hydrogens (tertiary/aromatic N) is 1. The van der Waals surface area contributed by atoms with Gasteiger partial charge in [-0.05, 0) is 41.0 Å². The first-order valence-corrected chi connectivity index (χ1v) is 12.0. The number of esters is 1. The van der Waals surface area contributed by atoms with Crippen molar-refractivity contribution in [2.75, 3.05) is 18.5 Å². The summed E-state index contributed by atoms with van der Waals surface area (Å²) >= 11 is 0. The summed E-state index contributed by atoms with van der Waals surface area (Å²) in [6, 6.07) is 19.4. The van der Waals surface area contributed by atoms with Gasteiger partial charge in [0, 0.05) is 18.7 Å². The third-order valence-electron chi connectivity index (χ3n) is 5.08. The molecule has 0 aromatic heterocycles. The second-order valence-electron chi connectivity index (χ2n) is 7.63. The molecule has 3 aromatic carbocycles. The van der Waals surface area contributed by atoms with Crippen LogP contribution in [0, 0.1) is 0 Å². The van der Waals surface area contributed by atoms with Crippen LogP contribution in [0.25, 0.3) is 10.8 Å². The molecule has 9 heteroatoms. The fraction of sp³-hybridized carbons (Fsp3) is 0.208. The van der Waals surface area contributed by atoms with Gasteiger partial charge in [0.1, 0.15) is 5.84 Å². The molecule has 1 aliphatic heterocycles. The predicted octanol–water partition coefficient (Wildman–Crippen LogP) is 3.03. The number of sulfonamides is 1. The highest BCUT2D eigenvalue weighted by Gasteiger charge is 2.19. The van der Waals surface area contributed by atoms with Gasteiger partial charge in [0.15, 0.2) is 6.61 Å². The molecular weight excluding hydrogens is 442 g/mol. The van der Waals surface area contributed by atoms with Crippen LogP contribution < -0.4 is 10.0 Å². The van der Waals surface area contributed by atoms with E-state index in [0.717, 1.165) is 22.8 Å². The van der Waals surface area contributed by atoms with Crippen LogP contribution in [0.5, 0.6) is 0 Å². The maximum atomic E-state index is 12.5. The van der Waals surface area contributed by atoms with Gasteiger partial charge in [-0.15, -0.1) is 0 Å². The first-order chi connectivity index (χ1) is 15.9. The van der Waals surface area contributed by atoms with Crippen molar-refractivity contribution < 1.29 is 22.7 Å². The maximum Gasteiger partial charge on any atom is 0.310 e. The number of nitrogens with one attached hydrogen (secondary N) is 2. The zero-order valence-corrected chi connectivity index (χ0v) is 18.6. The molecule has 3 aromatic rings. The lowest BCUT2D eigenvalue weighted by atomic mass is 10.1. The number of benzene rings is 3. The van der Waals surface area contributed by atoms with Gasteiger partial charge in [-0.25, -0.2) is 8.42 Å². The molecule has 0 unspecified atom stereocenters. The first kappa shape index (κ1) is 22.5. The molecule has 33 heavy (non-hydrogen) atoms. The van der Waals surface area contributed by atoms with E-state index in [4.69, 9.17) is 4.74 Å². The van der Waals surface area contributed by atoms with E-state index in [9.17, 15) is 18.0 Å². The van der Waals surface area contributed by atoms with Crippen molar-refractivity contribution in [3.63, 3.8) is 0 Å². The van der Waals surface area contributed by atoms with Crippen LogP contribution >= 0.6 is 0 Å². The minimum Gasteiger partial charge on any atom is -0.455 e. The normalized spacial score (nSPS) is 13.4.